The van der Waals surface area contributed by atoms with Gasteiger partial charge in [-0.2, -0.15) is 0 Å². The van der Waals surface area contributed by atoms with E-state index in [-0.39, 0.29) is 24.2 Å². The number of morpholine rings is 1. The van der Waals surface area contributed by atoms with Crippen molar-refractivity contribution < 1.29 is 18.7 Å². The van der Waals surface area contributed by atoms with Crippen LogP contribution in [0.15, 0.2) is 54.6 Å². The molecule has 0 radical (unpaired) electrons. The number of nitrogens with zero attached hydrogens (tertiary/aromatic N) is 2. The minimum absolute atomic E-state index is 0.0338. The monoisotopic (exact) mass is 450 g/mol. The quantitative estimate of drug-likeness (QED) is 0.694. The van der Waals surface area contributed by atoms with Gasteiger partial charge in [0.25, 0.3) is 5.91 Å². The van der Waals surface area contributed by atoms with Gasteiger partial charge in [0.1, 0.15) is 12.4 Å². The number of likely N-dealkylation sites (tertiary alicyclic amines) is 1. The maximum atomic E-state index is 14.8. The molecule has 1 spiro atoms. The standard InChI is InChI=1S/C27H31FN2O3/c28-23-12-5-4-11-22(23)27(14-6-7-15-27)25(32)29-17-8-13-26(16-18-29)20-30(24(31)19-33-26)21-9-2-1-3-10-21/h1-5,9-12H,6-8,13-20H2/t26-/m1/s1. The molecule has 2 saturated heterocycles. The molecule has 5 nitrogen and oxygen atoms in total. The molecule has 6 heteroatoms. The van der Waals surface area contributed by atoms with E-state index in [0.717, 1.165) is 31.4 Å². The largest absolute Gasteiger partial charge is 0.363 e. The summed E-state index contributed by atoms with van der Waals surface area (Å²) in [7, 11) is 0. The fraction of sp³-hybridized carbons (Fsp3) is 0.481. The number of halogens is 1. The van der Waals surface area contributed by atoms with Crippen molar-refractivity contribution in [1.29, 1.82) is 0 Å². The molecule has 2 heterocycles. The molecule has 2 aromatic rings. The molecular formula is C27H31FN2O3. The van der Waals surface area contributed by atoms with Crippen LogP contribution >= 0.6 is 0 Å². The summed E-state index contributed by atoms with van der Waals surface area (Å²) in [4.78, 5) is 30.2. The van der Waals surface area contributed by atoms with E-state index in [9.17, 15) is 14.0 Å². The van der Waals surface area contributed by atoms with Gasteiger partial charge in [-0.05, 0) is 50.3 Å². The summed E-state index contributed by atoms with van der Waals surface area (Å²) in [6.45, 7) is 1.75. The van der Waals surface area contributed by atoms with E-state index in [1.54, 1.807) is 12.1 Å². The molecule has 3 aliphatic rings. The van der Waals surface area contributed by atoms with Gasteiger partial charge in [-0.25, -0.2) is 4.39 Å². The third kappa shape index (κ3) is 4.05. The van der Waals surface area contributed by atoms with Gasteiger partial charge in [0, 0.05) is 24.3 Å². The SMILES string of the molecule is O=C1CO[C@@]2(CCCN(C(=O)C3(c4ccccc4F)CCCC3)CC2)CN1c1ccccc1. The van der Waals surface area contributed by atoms with Crippen molar-refractivity contribution in [3.63, 3.8) is 0 Å². The molecule has 0 bridgehead atoms. The van der Waals surface area contributed by atoms with Gasteiger partial charge in [0.2, 0.25) is 5.91 Å². The van der Waals surface area contributed by atoms with Crippen LogP contribution in [0.1, 0.15) is 50.5 Å². The Morgan fingerprint density at radius 2 is 1.61 bits per heavy atom. The summed E-state index contributed by atoms with van der Waals surface area (Å²) in [6, 6.07) is 16.5. The lowest BCUT2D eigenvalue weighted by molar-refractivity contribution is -0.142. The number of amides is 2. The maximum absolute atomic E-state index is 14.8. The summed E-state index contributed by atoms with van der Waals surface area (Å²) >= 11 is 0. The number of ether oxygens (including phenoxy) is 1. The number of benzene rings is 2. The van der Waals surface area contributed by atoms with Gasteiger partial charge in [-0.3, -0.25) is 9.59 Å². The lowest BCUT2D eigenvalue weighted by Crippen LogP contribution is -2.55. The zero-order chi connectivity index (χ0) is 22.9. The molecular weight excluding hydrogens is 419 g/mol. The Hall–Kier alpha value is -2.73. The van der Waals surface area contributed by atoms with Crippen LogP contribution in [0.2, 0.25) is 0 Å². The summed E-state index contributed by atoms with van der Waals surface area (Å²) in [5.74, 6) is -0.269. The smallest absolute Gasteiger partial charge is 0.253 e. The first kappa shape index (κ1) is 22.1. The molecule has 2 aliphatic heterocycles. The molecule has 0 N–H and O–H groups in total. The lowest BCUT2D eigenvalue weighted by atomic mass is 9.77. The Bertz CT molecular complexity index is 1020. The first-order valence-electron chi connectivity index (χ1n) is 12.1. The van der Waals surface area contributed by atoms with E-state index in [2.05, 4.69) is 0 Å². The van der Waals surface area contributed by atoms with Gasteiger partial charge in [-0.1, -0.05) is 49.2 Å². The van der Waals surface area contributed by atoms with Crippen LogP contribution in [-0.2, 0) is 19.7 Å². The van der Waals surface area contributed by atoms with Gasteiger partial charge < -0.3 is 14.5 Å². The Labute approximate surface area is 194 Å². The van der Waals surface area contributed by atoms with Crippen LogP contribution < -0.4 is 4.90 Å². The van der Waals surface area contributed by atoms with E-state index < -0.39 is 11.0 Å². The highest BCUT2D eigenvalue weighted by Gasteiger charge is 2.48. The number of para-hydroxylation sites is 1. The van der Waals surface area contributed by atoms with Gasteiger partial charge in [-0.15, -0.1) is 0 Å². The van der Waals surface area contributed by atoms with Crippen LogP contribution in [0.25, 0.3) is 0 Å². The van der Waals surface area contributed by atoms with Crippen molar-refractivity contribution >= 4 is 17.5 Å². The van der Waals surface area contributed by atoms with Crippen LogP contribution in [0.3, 0.4) is 0 Å². The van der Waals surface area contributed by atoms with Crippen molar-refractivity contribution in [2.24, 2.45) is 0 Å². The second-order valence-corrected chi connectivity index (χ2v) is 9.70. The Kier molecular flexibility index (Phi) is 5.95. The molecule has 3 fully saturated rings. The number of hydrogen-bond donors (Lipinski definition) is 0. The number of anilines is 1. The highest BCUT2D eigenvalue weighted by molar-refractivity contribution is 5.95. The van der Waals surface area contributed by atoms with E-state index in [1.165, 1.54) is 6.07 Å². The second kappa shape index (κ2) is 8.90. The summed E-state index contributed by atoms with van der Waals surface area (Å²) in [6.07, 6.45) is 5.53. The van der Waals surface area contributed by atoms with Crippen molar-refractivity contribution in [3.05, 3.63) is 66.0 Å². The van der Waals surface area contributed by atoms with E-state index >= 15 is 0 Å². The molecule has 174 valence electrons. The van der Waals surface area contributed by atoms with Crippen LogP contribution in [0, 0.1) is 5.82 Å². The first-order valence-corrected chi connectivity index (χ1v) is 12.1. The van der Waals surface area contributed by atoms with Gasteiger partial charge >= 0.3 is 0 Å². The zero-order valence-corrected chi connectivity index (χ0v) is 19.0. The molecule has 2 aromatic carbocycles. The second-order valence-electron chi connectivity index (χ2n) is 9.70. The molecule has 0 unspecified atom stereocenters. The van der Waals surface area contributed by atoms with E-state index in [1.807, 2.05) is 46.2 Å². The topological polar surface area (TPSA) is 49.9 Å². The minimum Gasteiger partial charge on any atom is -0.363 e. The predicted molar refractivity (Wildman–Crippen MR) is 124 cm³/mol. The molecule has 0 aromatic heterocycles. The highest BCUT2D eigenvalue weighted by atomic mass is 19.1. The summed E-state index contributed by atoms with van der Waals surface area (Å²) in [5, 5.41) is 0. The number of rotatable bonds is 3. The first-order chi connectivity index (χ1) is 16.0. The number of carbonyl (C=O) groups is 2. The highest BCUT2D eigenvalue weighted by Crippen LogP contribution is 2.44. The zero-order valence-electron chi connectivity index (χ0n) is 19.0. The molecule has 2 amide bonds. The average molecular weight is 451 g/mol. The molecule has 33 heavy (non-hydrogen) atoms. The van der Waals surface area contributed by atoms with Crippen molar-refractivity contribution in [3.8, 4) is 0 Å². The van der Waals surface area contributed by atoms with Crippen LogP contribution in [0.5, 0.6) is 0 Å². The Morgan fingerprint density at radius 3 is 2.36 bits per heavy atom. The Morgan fingerprint density at radius 1 is 0.879 bits per heavy atom. The lowest BCUT2D eigenvalue weighted by Gasteiger charge is -2.42. The fourth-order valence-electron chi connectivity index (χ4n) is 5.96. The van der Waals surface area contributed by atoms with E-state index in [0.29, 0.717) is 44.5 Å². The maximum Gasteiger partial charge on any atom is 0.253 e. The van der Waals surface area contributed by atoms with Crippen molar-refractivity contribution in [2.45, 2.75) is 56.0 Å². The number of hydrogen-bond acceptors (Lipinski definition) is 3. The number of carbonyl (C=O) groups excluding carboxylic acids is 2. The van der Waals surface area contributed by atoms with Gasteiger partial charge in [0.15, 0.2) is 0 Å². The predicted octanol–water partition coefficient (Wildman–Crippen LogP) is 4.45. The van der Waals surface area contributed by atoms with Crippen molar-refractivity contribution in [2.75, 3.05) is 31.1 Å². The Balaban J connectivity index is 1.35. The fourth-order valence-corrected chi connectivity index (χ4v) is 5.96. The summed E-state index contributed by atoms with van der Waals surface area (Å²) < 4.78 is 20.9. The van der Waals surface area contributed by atoms with Gasteiger partial charge in [0.05, 0.1) is 17.6 Å². The van der Waals surface area contributed by atoms with Crippen LogP contribution in [0.4, 0.5) is 10.1 Å². The summed E-state index contributed by atoms with van der Waals surface area (Å²) in [5.41, 5.74) is 0.204. The minimum atomic E-state index is -0.762. The molecule has 5 rings (SSSR count). The third-order valence-corrected chi connectivity index (χ3v) is 7.76. The van der Waals surface area contributed by atoms with E-state index in [4.69, 9.17) is 4.74 Å². The molecule has 1 aliphatic carbocycles. The average Bonchev–Trinajstić information content (AvgIpc) is 3.25. The third-order valence-electron chi connectivity index (χ3n) is 7.76. The molecule has 1 atom stereocenters. The van der Waals surface area contributed by atoms with Crippen LogP contribution in [-0.4, -0.2) is 48.6 Å². The van der Waals surface area contributed by atoms with Crippen molar-refractivity contribution in [1.82, 2.24) is 4.90 Å². The normalized spacial score (nSPS) is 25.3. The molecule has 1 saturated carbocycles.